The van der Waals surface area contributed by atoms with Gasteiger partial charge in [0, 0.05) is 18.9 Å². The molecule has 8 nitrogen and oxygen atoms in total. The van der Waals surface area contributed by atoms with Crippen molar-refractivity contribution in [2.45, 2.75) is 13.0 Å². The van der Waals surface area contributed by atoms with E-state index >= 15 is 0 Å². The number of hydrogen-bond acceptors (Lipinski definition) is 4. The molecule has 3 N–H and O–H groups in total. The molecule has 104 valence electrons. The summed E-state index contributed by atoms with van der Waals surface area (Å²) < 4.78 is 1.60. The number of aromatic amines is 2. The zero-order valence-electron chi connectivity index (χ0n) is 10.5. The highest BCUT2D eigenvalue weighted by atomic mass is 16.3. The number of aryl methyl sites for hydroxylation is 2. The predicted molar refractivity (Wildman–Crippen MR) is 71.3 cm³/mol. The maximum Gasteiger partial charge on any atom is 0.290 e. The largest absolute Gasteiger partial charge is 0.483 e. The molecule has 8 heteroatoms. The van der Waals surface area contributed by atoms with Gasteiger partial charge in [0.25, 0.3) is 12.0 Å². The van der Waals surface area contributed by atoms with Gasteiger partial charge < -0.3 is 10.1 Å². The second kappa shape index (κ2) is 6.32. The van der Waals surface area contributed by atoms with Gasteiger partial charge in [-0.25, -0.2) is 4.98 Å². The van der Waals surface area contributed by atoms with E-state index in [4.69, 9.17) is 9.90 Å². The summed E-state index contributed by atoms with van der Waals surface area (Å²) in [4.78, 5) is 27.5. The van der Waals surface area contributed by atoms with Crippen molar-refractivity contribution in [2.24, 2.45) is 0 Å². The Balaban J connectivity index is 0.000000452. The molecule has 0 amide bonds. The third-order valence-corrected chi connectivity index (χ3v) is 2.73. The van der Waals surface area contributed by atoms with Crippen molar-refractivity contribution in [1.82, 2.24) is 24.7 Å². The fourth-order valence-corrected chi connectivity index (χ4v) is 1.79. The molecule has 0 fully saturated rings. The molecule has 0 unspecified atom stereocenters. The summed E-state index contributed by atoms with van der Waals surface area (Å²) in [5.41, 5.74) is 2.29. The molecule has 0 radical (unpaired) electrons. The first-order chi connectivity index (χ1) is 9.76. The summed E-state index contributed by atoms with van der Waals surface area (Å²) in [6, 6.07) is 1.79. The van der Waals surface area contributed by atoms with E-state index in [1.54, 1.807) is 29.4 Å². The van der Waals surface area contributed by atoms with Crippen LogP contribution in [0.4, 0.5) is 0 Å². The third-order valence-electron chi connectivity index (χ3n) is 2.73. The molecular formula is C12H13N5O3. The lowest BCUT2D eigenvalue weighted by Crippen LogP contribution is -2.21. The molecule has 3 rings (SSSR count). The zero-order chi connectivity index (χ0) is 14.4. The maximum atomic E-state index is 12.0. The van der Waals surface area contributed by atoms with E-state index in [9.17, 15) is 4.79 Å². The Kier molecular flexibility index (Phi) is 4.28. The van der Waals surface area contributed by atoms with Crippen LogP contribution < -0.4 is 5.56 Å². The van der Waals surface area contributed by atoms with E-state index in [0.717, 1.165) is 12.0 Å². The van der Waals surface area contributed by atoms with Crippen molar-refractivity contribution in [3.8, 4) is 0 Å². The molecule has 0 spiro atoms. The van der Waals surface area contributed by atoms with Crippen LogP contribution in [-0.4, -0.2) is 36.3 Å². The summed E-state index contributed by atoms with van der Waals surface area (Å²) in [7, 11) is 0. The third kappa shape index (κ3) is 2.91. The van der Waals surface area contributed by atoms with Gasteiger partial charge in [-0.05, 0) is 18.1 Å². The van der Waals surface area contributed by atoms with E-state index in [2.05, 4.69) is 20.2 Å². The summed E-state index contributed by atoms with van der Waals surface area (Å²) >= 11 is 0. The van der Waals surface area contributed by atoms with E-state index in [-0.39, 0.29) is 12.0 Å². The van der Waals surface area contributed by atoms with E-state index in [1.807, 2.05) is 6.20 Å². The van der Waals surface area contributed by atoms with Crippen LogP contribution in [0.15, 0.2) is 35.8 Å². The number of nitrogens with one attached hydrogen (secondary N) is 2. The van der Waals surface area contributed by atoms with Gasteiger partial charge in [-0.2, -0.15) is 5.10 Å². The molecule has 0 atom stereocenters. The number of carbonyl (C=O) groups is 1. The van der Waals surface area contributed by atoms with Crippen molar-refractivity contribution >= 4 is 17.5 Å². The molecule has 3 aromatic heterocycles. The summed E-state index contributed by atoms with van der Waals surface area (Å²) in [6.45, 7) is 0.348. The Morgan fingerprint density at radius 2 is 2.25 bits per heavy atom. The number of rotatable bonds is 3. The van der Waals surface area contributed by atoms with Crippen LogP contribution in [0.25, 0.3) is 11.0 Å². The van der Waals surface area contributed by atoms with Crippen LogP contribution >= 0.6 is 0 Å². The highest BCUT2D eigenvalue weighted by molar-refractivity contribution is 5.73. The monoisotopic (exact) mass is 275 g/mol. The van der Waals surface area contributed by atoms with E-state index in [0.29, 0.717) is 17.6 Å². The Morgan fingerprint density at radius 3 is 2.95 bits per heavy atom. The Bertz CT molecular complexity index is 729. The maximum absolute atomic E-state index is 12.0. The predicted octanol–water partition coefficient (Wildman–Crippen LogP) is 0.391. The van der Waals surface area contributed by atoms with Gasteiger partial charge in [-0.1, -0.05) is 0 Å². The van der Waals surface area contributed by atoms with Gasteiger partial charge in [-0.3, -0.25) is 19.3 Å². The minimum Gasteiger partial charge on any atom is -0.483 e. The number of aromatic nitrogens is 5. The van der Waals surface area contributed by atoms with Gasteiger partial charge in [-0.15, -0.1) is 0 Å². The van der Waals surface area contributed by atoms with Gasteiger partial charge in [0.05, 0.1) is 18.0 Å². The standard InChI is InChI=1S/C11H11N5O.CH2O2/c17-11-10-9(1-3-12-10)13-7-16(11)4-2-8-5-14-15-6-8;2-1-3/h1,3,5-7,12H,2,4H2,(H,14,15);1H,(H,2,3). The minimum atomic E-state index is -0.250. The SMILES string of the molecule is O=CO.O=c1c2[nH]ccc2ncn1CCc1cn[nH]c1. The average molecular weight is 275 g/mol. The quantitative estimate of drug-likeness (QED) is 0.598. The minimum absolute atomic E-state index is 0.0384. The number of fused-ring (bicyclic) bond motifs is 1. The van der Waals surface area contributed by atoms with Crippen LogP contribution in [-0.2, 0) is 17.8 Å². The molecule has 0 aliphatic heterocycles. The fraction of sp³-hybridized carbons (Fsp3) is 0.167. The van der Waals surface area contributed by atoms with Crippen molar-refractivity contribution in [2.75, 3.05) is 0 Å². The summed E-state index contributed by atoms with van der Waals surface area (Å²) in [5, 5.41) is 13.5. The molecule has 0 saturated heterocycles. The van der Waals surface area contributed by atoms with Crippen molar-refractivity contribution in [3.63, 3.8) is 0 Å². The lowest BCUT2D eigenvalue weighted by atomic mass is 10.2. The van der Waals surface area contributed by atoms with Gasteiger partial charge in [0.15, 0.2) is 0 Å². The normalized spacial score (nSPS) is 10.0. The smallest absolute Gasteiger partial charge is 0.290 e. The first-order valence-electron chi connectivity index (χ1n) is 5.84. The van der Waals surface area contributed by atoms with Crippen LogP contribution in [0.3, 0.4) is 0 Å². The van der Waals surface area contributed by atoms with Crippen LogP contribution in [0.1, 0.15) is 5.56 Å². The molecule has 20 heavy (non-hydrogen) atoms. The number of H-pyrrole nitrogens is 2. The molecule has 0 aliphatic carbocycles. The topological polar surface area (TPSA) is 117 Å². The second-order valence-electron chi connectivity index (χ2n) is 3.94. The second-order valence-corrected chi connectivity index (χ2v) is 3.94. The molecule has 0 aliphatic rings. The number of carboxylic acid groups (broad SMARTS) is 1. The van der Waals surface area contributed by atoms with Gasteiger partial charge in [0.1, 0.15) is 5.52 Å². The molecule has 0 saturated carbocycles. The molecule has 3 heterocycles. The Hall–Kier alpha value is -2.90. The first kappa shape index (κ1) is 13.5. The van der Waals surface area contributed by atoms with Crippen molar-refractivity contribution in [3.05, 3.63) is 46.9 Å². The molecular weight excluding hydrogens is 262 g/mol. The van der Waals surface area contributed by atoms with Crippen molar-refractivity contribution in [1.29, 1.82) is 0 Å². The van der Waals surface area contributed by atoms with E-state index < -0.39 is 0 Å². The highest BCUT2D eigenvalue weighted by Gasteiger charge is 2.04. The van der Waals surface area contributed by atoms with Crippen molar-refractivity contribution < 1.29 is 9.90 Å². The number of nitrogens with zero attached hydrogens (tertiary/aromatic N) is 3. The molecule has 0 bridgehead atoms. The molecule has 0 aromatic carbocycles. The summed E-state index contributed by atoms with van der Waals surface area (Å²) in [5.74, 6) is 0. The Labute approximate surface area is 113 Å². The van der Waals surface area contributed by atoms with Crippen LogP contribution in [0.5, 0.6) is 0 Å². The zero-order valence-corrected chi connectivity index (χ0v) is 10.5. The first-order valence-corrected chi connectivity index (χ1v) is 5.84. The Morgan fingerprint density at radius 1 is 1.45 bits per heavy atom. The van der Waals surface area contributed by atoms with E-state index in [1.165, 1.54) is 0 Å². The fourth-order valence-electron chi connectivity index (χ4n) is 1.79. The highest BCUT2D eigenvalue weighted by Crippen LogP contribution is 2.03. The number of hydrogen-bond donors (Lipinski definition) is 3. The van der Waals surface area contributed by atoms with Crippen LogP contribution in [0.2, 0.25) is 0 Å². The summed E-state index contributed by atoms with van der Waals surface area (Å²) in [6.07, 6.45) is 7.64. The van der Waals surface area contributed by atoms with Gasteiger partial charge >= 0.3 is 0 Å². The van der Waals surface area contributed by atoms with Gasteiger partial charge in [0.2, 0.25) is 0 Å². The lowest BCUT2D eigenvalue weighted by molar-refractivity contribution is -0.122. The lowest BCUT2D eigenvalue weighted by Gasteiger charge is -2.03. The molecule has 3 aromatic rings. The average Bonchev–Trinajstić information content (AvgIpc) is 3.10. The van der Waals surface area contributed by atoms with Crippen LogP contribution in [0, 0.1) is 0 Å².